The average molecular weight is 299 g/mol. The van der Waals surface area contributed by atoms with Crippen molar-refractivity contribution in [3.63, 3.8) is 0 Å². The number of carbonyl (C=O) groups excluding carboxylic acids is 1. The predicted octanol–water partition coefficient (Wildman–Crippen LogP) is 1.51. The molecule has 0 saturated heterocycles. The summed E-state index contributed by atoms with van der Waals surface area (Å²) in [4.78, 5) is 11.9. The Morgan fingerprint density at radius 1 is 1.30 bits per heavy atom. The van der Waals surface area contributed by atoms with Crippen LogP contribution in [-0.4, -0.2) is 26.6 Å². The van der Waals surface area contributed by atoms with Gasteiger partial charge in [0.1, 0.15) is 0 Å². The lowest BCUT2D eigenvalue weighted by atomic mass is 10.1. The number of para-hydroxylation sites is 2. The molecule has 1 aromatic carbocycles. The maximum absolute atomic E-state index is 11.9. The van der Waals surface area contributed by atoms with Crippen molar-refractivity contribution >= 4 is 27.3 Å². The highest BCUT2D eigenvalue weighted by atomic mass is 32.2. The second kappa shape index (κ2) is 7.25. The Balaban J connectivity index is 2.79. The van der Waals surface area contributed by atoms with Crippen molar-refractivity contribution in [3.05, 3.63) is 24.3 Å². The molecule has 0 spiro atoms. The fourth-order valence-electron chi connectivity index (χ4n) is 1.66. The maximum Gasteiger partial charge on any atom is 0.241 e. The van der Waals surface area contributed by atoms with Crippen molar-refractivity contribution in [2.45, 2.75) is 32.2 Å². The van der Waals surface area contributed by atoms with Gasteiger partial charge < -0.3 is 11.1 Å². The molecule has 6 nitrogen and oxygen atoms in total. The van der Waals surface area contributed by atoms with Crippen molar-refractivity contribution < 1.29 is 13.2 Å². The van der Waals surface area contributed by atoms with Crippen LogP contribution in [0.4, 0.5) is 11.4 Å². The lowest BCUT2D eigenvalue weighted by molar-refractivity contribution is -0.117. The number of sulfonamides is 1. The van der Waals surface area contributed by atoms with Crippen LogP contribution >= 0.6 is 0 Å². The van der Waals surface area contributed by atoms with Crippen LogP contribution < -0.4 is 15.8 Å². The lowest BCUT2D eigenvalue weighted by Crippen LogP contribution is -2.35. The number of amides is 1. The van der Waals surface area contributed by atoms with E-state index < -0.39 is 16.1 Å². The van der Waals surface area contributed by atoms with Crippen LogP contribution in [0.1, 0.15) is 26.2 Å². The monoisotopic (exact) mass is 299 g/mol. The van der Waals surface area contributed by atoms with Gasteiger partial charge in [-0.3, -0.25) is 9.52 Å². The van der Waals surface area contributed by atoms with Gasteiger partial charge in [-0.05, 0) is 18.6 Å². The molecule has 0 saturated carbocycles. The van der Waals surface area contributed by atoms with Gasteiger partial charge >= 0.3 is 0 Å². The van der Waals surface area contributed by atoms with E-state index in [2.05, 4.69) is 10.0 Å². The smallest absolute Gasteiger partial charge is 0.241 e. The summed E-state index contributed by atoms with van der Waals surface area (Å²) in [5.74, 6) is -0.318. The molecule has 0 aliphatic heterocycles. The molecule has 1 rings (SSSR count). The third kappa shape index (κ3) is 5.58. The van der Waals surface area contributed by atoms with Gasteiger partial charge in [-0.15, -0.1) is 0 Å². The first kappa shape index (κ1) is 16.5. The van der Waals surface area contributed by atoms with Crippen molar-refractivity contribution in [1.29, 1.82) is 0 Å². The minimum Gasteiger partial charge on any atom is -0.323 e. The number of rotatable bonds is 7. The fourth-order valence-corrected chi connectivity index (χ4v) is 2.24. The van der Waals surface area contributed by atoms with Crippen LogP contribution in [0.25, 0.3) is 0 Å². The van der Waals surface area contributed by atoms with Gasteiger partial charge in [0, 0.05) is 0 Å². The van der Waals surface area contributed by atoms with E-state index in [1.54, 1.807) is 24.3 Å². The number of nitrogens with two attached hydrogens (primary N) is 1. The zero-order valence-corrected chi connectivity index (χ0v) is 12.5. The summed E-state index contributed by atoms with van der Waals surface area (Å²) >= 11 is 0. The van der Waals surface area contributed by atoms with Crippen molar-refractivity contribution in [2.75, 3.05) is 16.3 Å². The molecule has 1 aromatic rings. The third-order valence-electron chi connectivity index (χ3n) is 2.69. The SMILES string of the molecule is CCCCC(N)C(=O)Nc1ccccc1NS(C)(=O)=O. The summed E-state index contributed by atoms with van der Waals surface area (Å²) in [5.41, 5.74) is 6.50. The first-order valence-electron chi connectivity index (χ1n) is 6.46. The quantitative estimate of drug-likeness (QED) is 0.710. The van der Waals surface area contributed by atoms with E-state index in [0.29, 0.717) is 17.8 Å². The minimum atomic E-state index is -3.40. The lowest BCUT2D eigenvalue weighted by Gasteiger charge is -2.15. The van der Waals surface area contributed by atoms with E-state index >= 15 is 0 Å². The van der Waals surface area contributed by atoms with Gasteiger partial charge in [-0.2, -0.15) is 0 Å². The number of carbonyl (C=O) groups is 1. The molecule has 0 bridgehead atoms. The molecular formula is C13H21N3O3S. The summed E-state index contributed by atoms with van der Waals surface area (Å²) in [5, 5.41) is 2.65. The number of anilines is 2. The Kier molecular flexibility index (Phi) is 5.97. The number of unbranched alkanes of at least 4 members (excludes halogenated alkanes) is 1. The molecule has 0 aliphatic carbocycles. The van der Waals surface area contributed by atoms with Crippen LogP contribution in [0.3, 0.4) is 0 Å². The number of hydrogen-bond donors (Lipinski definition) is 3. The van der Waals surface area contributed by atoms with E-state index in [4.69, 9.17) is 5.73 Å². The second-order valence-corrected chi connectivity index (χ2v) is 6.41. The van der Waals surface area contributed by atoms with Gasteiger partial charge in [0.05, 0.1) is 23.7 Å². The summed E-state index contributed by atoms with van der Waals surface area (Å²) in [6.45, 7) is 2.02. The van der Waals surface area contributed by atoms with Crippen LogP contribution in [0.15, 0.2) is 24.3 Å². The molecular weight excluding hydrogens is 278 g/mol. The van der Waals surface area contributed by atoms with Gasteiger partial charge in [-0.25, -0.2) is 8.42 Å². The third-order valence-corrected chi connectivity index (χ3v) is 3.28. The van der Waals surface area contributed by atoms with Crippen molar-refractivity contribution in [2.24, 2.45) is 5.73 Å². The standard InChI is InChI=1S/C13H21N3O3S/c1-3-4-7-10(14)13(17)15-11-8-5-6-9-12(11)16-20(2,18)19/h5-6,8-10,16H,3-4,7,14H2,1-2H3,(H,15,17). The minimum absolute atomic E-state index is 0.318. The van der Waals surface area contributed by atoms with Crippen LogP contribution in [0, 0.1) is 0 Å². The van der Waals surface area contributed by atoms with Crippen LogP contribution in [0.2, 0.25) is 0 Å². The van der Waals surface area contributed by atoms with E-state index in [1.165, 1.54) is 0 Å². The molecule has 0 fully saturated rings. The Morgan fingerprint density at radius 3 is 2.45 bits per heavy atom. The van der Waals surface area contributed by atoms with Crippen LogP contribution in [0.5, 0.6) is 0 Å². The van der Waals surface area contributed by atoms with Gasteiger partial charge in [0.2, 0.25) is 15.9 Å². The molecule has 0 aromatic heterocycles. The Labute approximate surface area is 119 Å². The Bertz CT molecular complexity index is 558. The summed E-state index contributed by atoms with van der Waals surface area (Å²) in [7, 11) is -3.40. The molecule has 0 radical (unpaired) electrons. The summed E-state index contributed by atoms with van der Waals surface area (Å²) in [6.07, 6.45) is 3.49. The van der Waals surface area contributed by atoms with E-state index in [9.17, 15) is 13.2 Å². The Morgan fingerprint density at radius 2 is 1.90 bits per heavy atom. The van der Waals surface area contributed by atoms with Gasteiger partial charge in [-0.1, -0.05) is 31.9 Å². The van der Waals surface area contributed by atoms with E-state index in [-0.39, 0.29) is 5.91 Å². The zero-order chi connectivity index (χ0) is 15.2. The first-order chi connectivity index (χ1) is 9.33. The van der Waals surface area contributed by atoms with Crippen LogP contribution in [-0.2, 0) is 14.8 Å². The average Bonchev–Trinajstić information content (AvgIpc) is 2.36. The number of nitrogens with one attached hydrogen (secondary N) is 2. The highest BCUT2D eigenvalue weighted by Gasteiger charge is 2.15. The molecule has 20 heavy (non-hydrogen) atoms. The molecule has 4 N–H and O–H groups in total. The van der Waals surface area contributed by atoms with E-state index in [1.807, 2.05) is 6.92 Å². The number of hydrogen-bond acceptors (Lipinski definition) is 4. The molecule has 1 atom stereocenters. The van der Waals surface area contributed by atoms with Gasteiger partial charge in [0.15, 0.2) is 0 Å². The second-order valence-electron chi connectivity index (χ2n) is 4.66. The van der Waals surface area contributed by atoms with Crippen molar-refractivity contribution in [3.8, 4) is 0 Å². The van der Waals surface area contributed by atoms with E-state index in [0.717, 1.165) is 19.1 Å². The predicted molar refractivity (Wildman–Crippen MR) is 81.0 cm³/mol. The zero-order valence-electron chi connectivity index (χ0n) is 11.7. The fraction of sp³-hybridized carbons (Fsp3) is 0.462. The normalized spacial score (nSPS) is 12.8. The number of benzene rings is 1. The largest absolute Gasteiger partial charge is 0.323 e. The molecule has 0 heterocycles. The molecule has 1 unspecified atom stereocenters. The Hall–Kier alpha value is -1.60. The van der Waals surface area contributed by atoms with Crippen molar-refractivity contribution in [1.82, 2.24) is 0 Å². The highest BCUT2D eigenvalue weighted by Crippen LogP contribution is 2.22. The first-order valence-corrected chi connectivity index (χ1v) is 8.36. The summed E-state index contributed by atoms with van der Waals surface area (Å²) in [6, 6.07) is 5.99. The molecule has 7 heteroatoms. The summed E-state index contributed by atoms with van der Waals surface area (Å²) < 4.78 is 24.9. The molecule has 1 amide bonds. The maximum atomic E-state index is 11.9. The van der Waals surface area contributed by atoms with Gasteiger partial charge in [0.25, 0.3) is 0 Å². The topological polar surface area (TPSA) is 101 Å². The molecule has 0 aliphatic rings. The molecule has 112 valence electrons. The highest BCUT2D eigenvalue weighted by molar-refractivity contribution is 7.92.